The zero-order chi connectivity index (χ0) is 25.7. The van der Waals surface area contributed by atoms with Gasteiger partial charge in [0.1, 0.15) is 11.4 Å². The van der Waals surface area contributed by atoms with E-state index in [2.05, 4.69) is 10.3 Å². The van der Waals surface area contributed by atoms with Crippen LogP contribution in [0.1, 0.15) is 16.8 Å². The second-order valence-electron chi connectivity index (χ2n) is 8.10. The molecule has 1 N–H and O–H groups in total. The maximum Gasteiger partial charge on any atom is 0.416 e. The Morgan fingerprint density at radius 1 is 1.08 bits per heavy atom. The molecular weight excluding hydrogens is 495 g/mol. The predicted octanol–water partition coefficient (Wildman–Crippen LogP) is 4.97. The third-order valence-corrected chi connectivity index (χ3v) is 7.24. The van der Waals surface area contributed by atoms with Crippen LogP contribution in [0.4, 0.5) is 18.9 Å². The highest BCUT2D eigenvalue weighted by atomic mass is 32.2. The largest absolute Gasteiger partial charge is 0.497 e. The van der Waals surface area contributed by atoms with E-state index in [1.165, 1.54) is 31.4 Å². The molecule has 0 saturated carbocycles. The van der Waals surface area contributed by atoms with Crippen molar-refractivity contribution >= 4 is 33.2 Å². The number of carbonyl (C=O) groups excluding carboxylic acids is 1. The molecule has 0 spiro atoms. The number of ether oxygens (including phenoxy) is 1. The van der Waals surface area contributed by atoms with Crippen LogP contribution < -0.4 is 10.1 Å². The Bertz CT molecular complexity index is 1640. The number of methoxy groups -OCH3 is 1. The summed E-state index contributed by atoms with van der Waals surface area (Å²) >= 11 is 0. The number of carbonyl (C=O) groups is 1. The lowest BCUT2D eigenvalue weighted by molar-refractivity contribution is -0.137. The third-order valence-electron chi connectivity index (χ3n) is 5.78. The normalized spacial score (nSPS) is 14.1. The van der Waals surface area contributed by atoms with Gasteiger partial charge in [-0.2, -0.15) is 13.2 Å². The first kappa shape index (κ1) is 23.6. The van der Waals surface area contributed by atoms with Crippen molar-refractivity contribution in [3.63, 3.8) is 0 Å². The second kappa shape index (κ2) is 8.52. The molecule has 0 bridgehead atoms. The number of benzene rings is 2. The van der Waals surface area contributed by atoms with E-state index in [-0.39, 0.29) is 11.3 Å². The number of anilines is 1. The van der Waals surface area contributed by atoms with Gasteiger partial charge in [0.15, 0.2) is 0 Å². The van der Waals surface area contributed by atoms with Crippen LogP contribution in [-0.2, 0) is 27.2 Å². The number of amides is 1. The van der Waals surface area contributed by atoms with Crippen LogP contribution in [0.5, 0.6) is 5.75 Å². The van der Waals surface area contributed by atoms with E-state index < -0.39 is 27.5 Å². The van der Waals surface area contributed by atoms with Crippen LogP contribution in [0.3, 0.4) is 0 Å². The number of aromatic nitrogens is 2. The quantitative estimate of drug-likeness (QED) is 0.407. The lowest BCUT2D eigenvalue weighted by atomic mass is 10.1. The molecule has 2 aromatic heterocycles. The van der Waals surface area contributed by atoms with Gasteiger partial charge in [-0.25, -0.2) is 13.4 Å². The zero-order valence-electron chi connectivity index (χ0n) is 18.7. The van der Waals surface area contributed by atoms with E-state index in [0.29, 0.717) is 39.6 Å². The van der Waals surface area contributed by atoms with Crippen LogP contribution in [0.15, 0.2) is 71.1 Å². The highest BCUT2D eigenvalue weighted by Crippen LogP contribution is 2.33. The average Bonchev–Trinajstić information content (AvgIpc) is 3.34. The van der Waals surface area contributed by atoms with Crippen molar-refractivity contribution < 1.29 is 31.1 Å². The van der Waals surface area contributed by atoms with Crippen molar-refractivity contribution in [3.05, 3.63) is 83.0 Å². The van der Waals surface area contributed by atoms with Gasteiger partial charge in [0.25, 0.3) is 0 Å². The summed E-state index contributed by atoms with van der Waals surface area (Å²) in [5, 5.41) is 3.80. The van der Waals surface area contributed by atoms with Crippen molar-refractivity contribution in [2.24, 2.45) is 0 Å². The SMILES string of the molecule is COc1ccn2c(CC(=O)Nc3ccc4c(c3)S(=O)(=O)C=C4)c(-c3ccc(C(F)(F)F)cc3)nc2c1. The van der Waals surface area contributed by atoms with E-state index in [1.807, 2.05) is 0 Å². The number of imidazole rings is 1. The Balaban J connectivity index is 1.50. The summed E-state index contributed by atoms with van der Waals surface area (Å²) < 4.78 is 70.3. The van der Waals surface area contributed by atoms with E-state index in [0.717, 1.165) is 17.5 Å². The summed E-state index contributed by atoms with van der Waals surface area (Å²) in [6.07, 6.45) is -1.51. The van der Waals surface area contributed by atoms with E-state index in [9.17, 15) is 26.4 Å². The Morgan fingerprint density at radius 3 is 2.53 bits per heavy atom. The number of pyridine rings is 1. The number of alkyl halides is 3. The molecule has 0 aliphatic carbocycles. The van der Waals surface area contributed by atoms with Gasteiger partial charge < -0.3 is 14.5 Å². The van der Waals surface area contributed by atoms with E-state index in [4.69, 9.17) is 4.74 Å². The molecule has 1 amide bonds. The van der Waals surface area contributed by atoms with Crippen LogP contribution >= 0.6 is 0 Å². The fourth-order valence-electron chi connectivity index (χ4n) is 4.01. The zero-order valence-corrected chi connectivity index (χ0v) is 19.5. The van der Waals surface area contributed by atoms with Gasteiger partial charge in [-0.15, -0.1) is 0 Å². The first-order valence-electron chi connectivity index (χ1n) is 10.6. The standard InChI is InChI=1S/C25H18F3N3O4S/c1-35-19-8-10-31-20(14-23(32)29-18-7-4-15-9-11-36(33,34)21(15)12-18)24(30-22(31)13-19)16-2-5-17(6-3-16)25(26,27)28/h2-13H,14H2,1H3,(H,29,32). The fourth-order valence-corrected chi connectivity index (χ4v) is 5.24. The fraction of sp³-hybridized carbons (Fsp3) is 0.120. The summed E-state index contributed by atoms with van der Waals surface area (Å²) in [5.41, 5.74) is 1.68. The molecule has 0 atom stereocenters. The smallest absolute Gasteiger partial charge is 0.416 e. The third kappa shape index (κ3) is 4.33. The lowest BCUT2D eigenvalue weighted by Gasteiger charge is -2.10. The molecule has 0 unspecified atom stereocenters. The molecule has 11 heteroatoms. The highest BCUT2D eigenvalue weighted by Gasteiger charge is 2.30. The molecule has 1 aliphatic rings. The molecule has 36 heavy (non-hydrogen) atoms. The lowest BCUT2D eigenvalue weighted by Crippen LogP contribution is -2.16. The monoisotopic (exact) mass is 513 g/mol. The number of hydrogen-bond acceptors (Lipinski definition) is 5. The Kier molecular flexibility index (Phi) is 5.59. The minimum Gasteiger partial charge on any atom is -0.497 e. The van der Waals surface area contributed by atoms with Gasteiger partial charge in [0.05, 0.1) is 35.4 Å². The highest BCUT2D eigenvalue weighted by molar-refractivity contribution is 7.94. The minimum absolute atomic E-state index is 0.104. The molecule has 7 nitrogen and oxygen atoms in total. The number of fused-ring (bicyclic) bond motifs is 2. The van der Waals surface area contributed by atoms with Gasteiger partial charge in [0.2, 0.25) is 15.7 Å². The second-order valence-corrected chi connectivity index (χ2v) is 9.90. The molecule has 4 aromatic rings. The van der Waals surface area contributed by atoms with Crippen molar-refractivity contribution in [1.29, 1.82) is 0 Å². The van der Waals surface area contributed by atoms with Crippen molar-refractivity contribution in [3.8, 4) is 17.0 Å². The molecule has 3 heterocycles. The van der Waals surface area contributed by atoms with Gasteiger partial charge >= 0.3 is 6.18 Å². The number of halogens is 3. The summed E-state index contributed by atoms with van der Waals surface area (Å²) in [7, 11) is -2.05. The van der Waals surface area contributed by atoms with Crippen molar-refractivity contribution in [1.82, 2.24) is 9.38 Å². The van der Waals surface area contributed by atoms with Crippen LogP contribution in [-0.4, -0.2) is 30.8 Å². The predicted molar refractivity (Wildman–Crippen MR) is 127 cm³/mol. The molecule has 1 aliphatic heterocycles. The van der Waals surface area contributed by atoms with Gasteiger partial charge in [-0.3, -0.25) is 4.79 Å². The number of sulfone groups is 1. The molecule has 0 radical (unpaired) electrons. The summed E-state index contributed by atoms with van der Waals surface area (Å²) in [6.45, 7) is 0. The number of hydrogen-bond donors (Lipinski definition) is 1. The maximum atomic E-state index is 13.0. The summed E-state index contributed by atoms with van der Waals surface area (Å²) in [6, 6.07) is 12.4. The summed E-state index contributed by atoms with van der Waals surface area (Å²) in [4.78, 5) is 17.6. The van der Waals surface area contributed by atoms with Crippen LogP contribution in [0.2, 0.25) is 0 Å². The van der Waals surface area contributed by atoms with E-state index in [1.54, 1.807) is 34.9 Å². The van der Waals surface area contributed by atoms with Crippen molar-refractivity contribution in [2.45, 2.75) is 17.5 Å². The van der Waals surface area contributed by atoms with Crippen LogP contribution in [0.25, 0.3) is 23.0 Å². The Labute approximate surface area is 203 Å². The Hall–Kier alpha value is -4.12. The average molecular weight is 513 g/mol. The van der Waals surface area contributed by atoms with E-state index >= 15 is 0 Å². The first-order chi connectivity index (χ1) is 17.0. The number of rotatable bonds is 5. The molecule has 0 saturated heterocycles. The molecule has 0 fully saturated rings. The summed E-state index contributed by atoms with van der Waals surface area (Å²) in [5.74, 6) is 0.0690. The first-order valence-corrected chi connectivity index (χ1v) is 12.2. The van der Waals surface area contributed by atoms with Gasteiger partial charge in [-0.1, -0.05) is 18.2 Å². The van der Waals surface area contributed by atoms with Crippen molar-refractivity contribution in [2.75, 3.05) is 12.4 Å². The van der Waals surface area contributed by atoms with Gasteiger partial charge in [0, 0.05) is 28.9 Å². The minimum atomic E-state index is -4.48. The maximum absolute atomic E-state index is 13.0. The number of nitrogens with zero attached hydrogens (tertiary/aromatic N) is 2. The molecular formula is C25H18F3N3O4S. The Morgan fingerprint density at radius 2 is 1.83 bits per heavy atom. The van der Waals surface area contributed by atoms with Gasteiger partial charge in [-0.05, 0) is 42.0 Å². The topological polar surface area (TPSA) is 89.8 Å². The molecule has 2 aromatic carbocycles. The number of nitrogens with one attached hydrogen (secondary N) is 1. The molecule has 5 rings (SSSR count). The molecule has 184 valence electrons. The van der Waals surface area contributed by atoms with Crippen LogP contribution in [0, 0.1) is 0 Å².